The number of hydrogen-bond donors (Lipinski definition) is 1. The molecule has 6 nitrogen and oxygen atoms in total. The Kier molecular flexibility index (Phi) is 4.85. The molecule has 0 saturated carbocycles. The monoisotopic (exact) mass is 356 g/mol. The van der Waals surface area contributed by atoms with E-state index in [-0.39, 0.29) is 5.91 Å². The molecule has 1 N–H and O–H groups in total. The third-order valence-electron chi connectivity index (χ3n) is 4.04. The van der Waals surface area contributed by atoms with Gasteiger partial charge < -0.3 is 14.7 Å². The first-order valence-corrected chi connectivity index (χ1v) is 8.72. The Labute approximate surface area is 150 Å². The summed E-state index contributed by atoms with van der Waals surface area (Å²) in [6, 6.07) is 7.61. The zero-order valence-corrected chi connectivity index (χ0v) is 15.5. The molecule has 0 atom stereocenters. The summed E-state index contributed by atoms with van der Waals surface area (Å²) in [5.41, 5.74) is 3.39. The molecule has 0 aliphatic rings. The molecule has 2 heterocycles. The Morgan fingerprint density at radius 2 is 2.16 bits per heavy atom. The zero-order valence-electron chi connectivity index (χ0n) is 14.7. The normalized spacial score (nSPS) is 10.7. The molecule has 3 rings (SSSR count). The lowest BCUT2D eigenvalue weighted by atomic mass is 10.1. The van der Waals surface area contributed by atoms with Gasteiger partial charge in [0.25, 0.3) is 5.91 Å². The number of thiazole rings is 1. The summed E-state index contributed by atoms with van der Waals surface area (Å²) in [6.07, 6.45) is 1.81. The van der Waals surface area contributed by atoms with Crippen LogP contribution in [0.15, 0.2) is 35.0 Å². The highest BCUT2D eigenvalue weighted by Gasteiger charge is 2.17. The van der Waals surface area contributed by atoms with Crippen LogP contribution in [0.1, 0.15) is 27.4 Å². The number of hydrogen-bond acceptors (Lipinski definition) is 6. The molecule has 1 aromatic carbocycles. The average Bonchev–Trinajstić information content (AvgIpc) is 3.23. The fourth-order valence-electron chi connectivity index (χ4n) is 2.59. The van der Waals surface area contributed by atoms with Gasteiger partial charge in [0.15, 0.2) is 5.13 Å². The topological polar surface area (TPSA) is 71.3 Å². The van der Waals surface area contributed by atoms with E-state index in [9.17, 15) is 4.79 Å². The SMILES string of the molecule is CNc1ncc(-c2cccc(C(=O)N(C)Cc3c(C)noc3C)c2)s1. The molecule has 0 bridgehead atoms. The minimum Gasteiger partial charge on any atom is -0.365 e. The fraction of sp³-hybridized carbons (Fsp3) is 0.278. The first kappa shape index (κ1) is 17.2. The van der Waals surface area contributed by atoms with Gasteiger partial charge in [0.2, 0.25) is 0 Å². The third kappa shape index (κ3) is 3.56. The minimum atomic E-state index is -0.0415. The molecular formula is C18H20N4O2S. The second-order valence-corrected chi connectivity index (χ2v) is 6.86. The van der Waals surface area contributed by atoms with E-state index >= 15 is 0 Å². The van der Waals surface area contributed by atoms with Crippen molar-refractivity contribution in [3.63, 3.8) is 0 Å². The molecule has 2 aromatic heterocycles. The Morgan fingerprint density at radius 1 is 1.36 bits per heavy atom. The second kappa shape index (κ2) is 7.06. The van der Waals surface area contributed by atoms with E-state index in [4.69, 9.17) is 4.52 Å². The van der Waals surface area contributed by atoms with E-state index in [0.717, 1.165) is 32.6 Å². The Hall–Kier alpha value is -2.67. The summed E-state index contributed by atoms with van der Waals surface area (Å²) in [5, 5.41) is 7.82. The van der Waals surface area contributed by atoms with Crippen molar-refractivity contribution in [1.82, 2.24) is 15.0 Å². The van der Waals surface area contributed by atoms with E-state index in [1.165, 1.54) is 0 Å². The number of nitrogens with one attached hydrogen (secondary N) is 1. The summed E-state index contributed by atoms with van der Waals surface area (Å²) >= 11 is 1.55. The zero-order chi connectivity index (χ0) is 18.0. The van der Waals surface area contributed by atoms with Crippen LogP contribution < -0.4 is 5.32 Å². The largest absolute Gasteiger partial charge is 0.365 e. The molecule has 1 amide bonds. The fourth-order valence-corrected chi connectivity index (χ4v) is 3.35. The smallest absolute Gasteiger partial charge is 0.253 e. The molecule has 3 aromatic rings. The van der Waals surface area contributed by atoms with E-state index < -0.39 is 0 Å². The minimum absolute atomic E-state index is 0.0415. The van der Waals surface area contributed by atoms with Gasteiger partial charge in [-0.05, 0) is 31.5 Å². The van der Waals surface area contributed by atoms with Crippen LogP contribution >= 0.6 is 11.3 Å². The highest BCUT2D eigenvalue weighted by molar-refractivity contribution is 7.18. The molecule has 130 valence electrons. The lowest BCUT2D eigenvalue weighted by molar-refractivity contribution is 0.0784. The predicted octanol–water partition coefficient (Wildman–Crippen LogP) is 3.73. The first-order chi connectivity index (χ1) is 12.0. The van der Waals surface area contributed by atoms with Gasteiger partial charge in [-0.2, -0.15) is 0 Å². The molecule has 7 heteroatoms. The van der Waals surface area contributed by atoms with Gasteiger partial charge in [0.05, 0.1) is 17.1 Å². The molecule has 25 heavy (non-hydrogen) atoms. The molecule has 0 fully saturated rings. The summed E-state index contributed by atoms with van der Waals surface area (Å²) in [4.78, 5) is 19.8. The van der Waals surface area contributed by atoms with E-state index in [1.807, 2.05) is 51.4 Å². The van der Waals surface area contributed by atoms with Crippen molar-refractivity contribution >= 4 is 22.4 Å². The van der Waals surface area contributed by atoms with Crippen LogP contribution in [0.25, 0.3) is 10.4 Å². The molecule has 0 aliphatic carbocycles. The summed E-state index contributed by atoms with van der Waals surface area (Å²) in [7, 11) is 3.62. The van der Waals surface area contributed by atoms with Gasteiger partial charge in [-0.1, -0.05) is 28.6 Å². The van der Waals surface area contributed by atoms with Crippen LogP contribution in [0.4, 0.5) is 5.13 Å². The number of benzene rings is 1. The lowest BCUT2D eigenvalue weighted by Crippen LogP contribution is -2.26. The standard InChI is InChI=1S/C18H20N4O2S/c1-11-15(12(2)24-21-11)10-22(4)17(23)14-7-5-6-13(8-14)16-9-20-18(19-3)25-16/h5-9H,10H2,1-4H3,(H,19,20). The van der Waals surface area contributed by atoms with Crippen LogP contribution in [-0.4, -0.2) is 35.0 Å². The van der Waals surface area contributed by atoms with Crippen LogP contribution in [-0.2, 0) is 6.54 Å². The highest BCUT2D eigenvalue weighted by atomic mass is 32.1. The maximum Gasteiger partial charge on any atom is 0.253 e. The van der Waals surface area contributed by atoms with E-state index in [0.29, 0.717) is 12.1 Å². The molecule has 0 radical (unpaired) electrons. The van der Waals surface area contributed by atoms with Crippen LogP contribution in [0.5, 0.6) is 0 Å². The van der Waals surface area contributed by atoms with Gasteiger partial charge in [-0.25, -0.2) is 4.98 Å². The molecular weight excluding hydrogens is 336 g/mol. The van der Waals surface area contributed by atoms with Crippen molar-refractivity contribution in [3.05, 3.63) is 53.0 Å². The highest BCUT2D eigenvalue weighted by Crippen LogP contribution is 2.29. The summed E-state index contributed by atoms with van der Waals surface area (Å²) in [6.45, 7) is 4.21. The van der Waals surface area contributed by atoms with Gasteiger partial charge in [-0.3, -0.25) is 4.79 Å². The van der Waals surface area contributed by atoms with Crippen molar-refractivity contribution in [3.8, 4) is 10.4 Å². The number of anilines is 1. The van der Waals surface area contributed by atoms with Crippen LogP contribution in [0.3, 0.4) is 0 Å². The third-order valence-corrected chi connectivity index (χ3v) is 5.10. The number of carbonyl (C=O) groups is 1. The Bertz CT molecular complexity index is 881. The van der Waals surface area contributed by atoms with Crippen molar-refractivity contribution in [2.24, 2.45) is 0 Å². The number of aryl methyl sites for hydroxylation is 2. The van der Waals surface area contributed by atoms with Gasteiger partial charge in [-0.15, -0.1) is 0 Å². The van der Waals surface area contributed by atoms with Gasteiger partial charge >= 0.3 is 0 Å². The number of carbonyl (C=O) groups excluding carboxylic acids is 1. The molecule has 0 aliphatic heterocycles. The maximum atomic E-state index is 12.8. The average molecular weight is 356 g/mol. The first-order valence-electron chi connectivity index (χ1n) is 7.91. The second-order valence-electron chi connectivity index (χ2n) is 5.82. The summed E-state index contributed by atoms with van der Waals surface area (Å²) in [5.74, 6) is 0.704. The van der Waals surface area contributed by atoms with Gasteiger partial charge in [0, 0.05) is 31.4 Å². The van der Waals surface area contributed by atoms with E-state index in [1.54, 1.807) is 23.3 Å². The van der Waals surface area contributed by atoms with Crippen LogP contribution in [0, 0.1) is 13.8 Å². The molecule has 0 unspecified atom stereocenters. The number of aromatic nitrogens is 2. The van der Waals surface area contributed by atoms with Crippen molar-refractivity contribution in [1.29, 1.82) is 0 Å². The van der Waals surface area contributed by atoms with Crippen molar-refractivity contribution in [2.75, 3.05) is 19.4 Å². The lowest BCUT2D eigenvalue weighted by Gasteiger charge is -2.17. The van der Waals surface area contributed by atoms with Crippen molar-refractivity contribution in [2.45, 2.75) is 20.4 Å². The predicted molar refractivity (Wildman–Crippen MR) is 98.9 cm³/mol. The molecule has 0 spiro atoms. The van der Waals surface area contributed by atoms with Crippen LogP contribution in [0.2, 0.25) is 0 Å². The molecule has 0 saturated heterocycles. The Morgan fingerprint density at radius 3 is 2.80 bits per heavy atom. The number of rotatable bonds is 5. The number of nitrogens with zero attached hydrogens (tertiary/aromatic N) is 3. The number of amides is 1. The van der Waals surface area contributed by atoms with E-state index in [2.05, 4.69) is 15.5 Å². The quantitative estimate of drug-likeness (QED) is 0.754. The summed E-state index contributed by atoms with van der Waals surface area (Å²) < 4.78 is 5.17. The Balaban J connectivity index is 1.81. The van der Waals surface area contributed by atoms with Gasteiger partial charge in [0.1, 0.15) is 5.76 Å². The van der Waals surface area contributed by atoms with Crippen molar-refractivity contribution < 1.29 is 9.32 Å². The maximum absolute atomic E-state index is 12.8.